The van der Waals surface area contributed by atoms with E-state index in [1.165, 1.54) is 11.8 Å². The molecule has 120 valence electrons. The number of carboxylic acids is 2. The average Bonchev–Trinajstić information content (AvgIpc) is 2.41. The van der Waals surface area contributed by atoms with Gasteiger partial charge in [0.2, 0.25) is 0 Å². The van der Waals surface area contributed by atoms with Gasteiger partial charge in [-0.15, -0.1) is 0 Å². The molecule has 0 unspecified atom stereocenters. The van der Waals surface area contributed by atoms with Gasteiger partial charge < -0.3 is 19.7 Å². The standard InChI is InChI=1S/C12H18O8S/c13-9(14)1-3-11(17)19-5-7-21-8-6-20-12(18)4-2-10(15)16/h1-8H2,(H,13,14)(H,15,16). The summed E-state index contributed by atoms with van der Waals surface area (Å²) in [7, 11) is 0. The molecule has 0 aromatic heterocycles. The fourth-order valence-corrected chi connectivity index (χ4v) is 1.70. The number of hydrogen-bond donors (Lipinski definition) is 2. The summed E-state index contributed by atoms with van der Waals surface area (Å²) in [6.07, 6.45) is -0.807. The van der Waals surface area contributed by atoms with Gasteiger partial charge in [-0.2, -0.15) is 11.8 Å². The molecule has 0 amide bonds. The van der Waals surface area contributed by atoms with Crippen LogP contribution in [0.5, 0.6) is 0 Å². The summed E-state index contributed by atoms with van der Waals surface area (Å²) >= 11 is 1.40. The van der Waals surface area contributed by atoms with Gasteiger partial charge in [-0.05, 0) is 0 Å². The molecule has 2 N–H and O–H groups in total. The number of ether oxygens (including phenoxy) is 2. The highest BCUT2D eigenvalue weighted by atomic mass is 32.2. The maximum atomic E-state index is 11.0. The van der Waals surface area contributed by atoms with Crippen molar-refractivity contribution in [1.82, 2.24) is 0 Å². The van der Waals surface area contributed by atoms with E-state index in [0.29, 0.717) is 11.5 Å². The van der Waals surface area contributed by atoms with Gasteiger partial charge in [0.25, 0.3) is 0 Å². The normalized spacial score (nSPS) is 9.90. The van der Waals surface area contributed by atoms with E-state index in [-0.39, 0.29) is 38.9 Å². The van der Waals surface area contributed by atoms with Crippen LogP contribution in [0.2, 0.25) is 0 Å². The van der Waals surface area contributed by atoms with Gasteiger partial charge in [0.1, 0.15) is 13.2 Å². The molecular formula is C12H18O8S. The first-order valence-electron chi connectivity index (χ1n) is 6.24. The molecule has 0 aliphatic carbocycles. The van der Waals surface area contributed by atoms with Crippen molar-refractivity contribution in [2.24, 2.45) is 0 Å². The fourth-order valence-electron chi connectivity index (χ4n) is 1.09. The number of carbonyl (C=O) groups is 4. The average molecular weight is 322 g/mol. The zero-order chi connectivity index (χ0) is 16.1. The van der Waals surface area contributed by atoms with Crippen molar-refractivity contribution in [2.45, 2.75) is 25.7 Å². The molecule has 0 saturated carbocycles. The Hall–Kier alpha value is -1.77. The van der Waals surface area contributed by atoms with Crippen LogP contribution in [0.4, 0.5) is 0 Å². The summed E-state index contributed by atoms with van der Waals surface area (Å²) in [6, 6.07) is 0. The van der Waals surface area contributed by atoms with Gasteiger partial charge >= 0.3 is 23.9 Å². The van der Waals surface area contributed by atoms with Crippen LogP contribution in [0.3, 0.4) is 0 Å². The molecule has 0 bridgehead atoms. The molecule has 9 heteroatoms. The molecule has 0 aliphatic heterocycles. The smallest absolute Gasteiger partial charge is 0.306 e. The molecule has 0 radical (unpaired) electrons. The summed E-state index contributed by atoms with van der Waals surface area (Å²) in [5, 5.41) is 16.7. The van der Waals surface area contributed by atoms with Gasteiger partial charge in [0.15, 0.2) is 0 Å². The molecule has 0 rings (SSSR count). The second-order valence-electron chi connectivity index (χ2n) is 3.84. The van der Waals surface area contributed by atoms with Crippen molar-refractivity contribution < 1.29 is 38.9 Å². The van der Waals surface area contributed by atoms with Crippen LogP contribution in [-0.4, -0.2) is 58.8 Å². The summed E-state index contributed by atoms with van der Waals surface area (Å²) in [5.41, 5.74) is 0. The Bertz CT molecular complexity index is 334. The van der Waals surface area contributed by atoms with Crippen LogP contribution in [0.25, 0.3) is 0 Å². The van der Waals surface area contributed by atoms with E-state index in [2.05, 4.69) is 0 Å². The zero-order valence-electron chi connectivity index (χ0n) is 11.4. The lowest BCUT2D eigenvalue weighted by Crippen LogP contribution is -2.11. The Morgan fingerprint density at radius 1 is 0.714 bits per heavy atom. The largest absolute Gasteiger partial charge is 0.481 e. The zero-order valence-corrected chi connectivity index (χ0v) is 12.2. The Labute approximate surface area is 125 Å². The van der Waals surface area contributed by atoms with E-state index in [1.54, 1.807) is 0 Å². The first kappa shape index (κ1) is 19.2. The second-order valence-corrected chi connectivity index (χ2v) is 5.07. The number of esters is 2. The SMILES string of the molecule is O=C(O)CCC(=O)OCCSCCOC(=O)CCC(=O)O. The van der Waals surface area contributed by atoms with Crippen LogP contribution in [-0.2, 0) is 28.7 Å². The van der Waals surface area contributed by atoms with Crippen molar-refractivity contribution in [3.05, 3.63) is 0 Å². The quantitative estimate of drug-likeness (QED) is 0.390. The van der Waals surface area contributed by atoms with Crippen molar-refractivity contribution in [1.29, 1.82) is 0 Å². The van der Waals surface area contributed by atoms with Crippen LogP contribution in [0.1, 0.15) is 25.7 Å². The summed E-state index contributed by atoms with van der Waals surface area (Å²) in [4.78, 5) is 42.5. The minimum Gasteiger partial charge on any atom is -0.481 e. The Morgan fingerprint density at radius 3 is 1.43 bits per heavy atom. The molecule has 0 fully saturated rings. The van der Waals surface area contributed by atoms with E-state index in [9.17, 15) is 19.2 Å². The van der Waals surface area contributed by atoms with Crippen molar-refractivity contribution in [3.8, 4) is 0 Å². The third-order valence-electron chi connectivity index (χ3n) is 2.07. The second kappa shape index (κ2) is 12.0. The number of carboxylic acid groups (broad SMARTS) is 2. The minimum absolute atomic E-state index is 0.152. The first-order chi connectivity index (χ1) is 9.91. The molecule has 0 saturated heterocycles. The molecule has 0 spiro atoms. The van der Waals surface area contributed by atoms with Crippen LogP contribution in [0, 0.1) is 0 Å². The molecule has 0 aromatic rings. The Morgan fingerprint density at radius 2 is 1.10 bits per heavy atom. The molecule has 21 heavy (non-hydrogen) atoms. The highest BCUT2D eigenvalue weighted by Gasteiger charge is 2.07. The summed E-state index contributed by atoms with van der Waals surface area (Å²) < 4.78 is 9.58. The maximum Gasteiger partial charge on any atom is 0.306 e. The molecule has 8 nitrogen and oxygen atoms in total. The van der Waals surface area contributed by atoms with E-state index >= 15 is 0 Å². The summed E-state index contributed by atoms with van der Waals surface area (Å²) in [5.74, 6) is -2.20. The highest BCUT2D eigenvalue weighted by Crippen LogP contribution is 2.02. The first-order valence-corrected chi connectivity index (χ1v) is 7.40. The van der Waals surface area contributed by atoms with E-state index in [0.717, 1.165) is 0 Å². The van der Waals surface area contributed by atoms with Crippen LogP contribution >= 0.6 is 11.8 Å². The van der Waals surface area contributed by atoms with E-state index in [1.807, 2.05) is 0 Å². The third kappa shape index (κ3) is 14.4. The van der Waals surface area contributed by atoms with Crippen LogP contribution in [0.15, 0.2) is 0 Å². The minimum atomic E-state index is -1.05. The number of aliphatic carboxylic acids is 2. The number of carbonyl (C=O) groups excluding carboxylic acids is 2. The van der Waals surface area contributed by atoms with Gasteiger partial charge in [-0.25, -0.2) is 0 Å². The lowest BCUT2D eigenvalue weighted by atomic mass is 10.3. The maximum absolute atomic E-state index is 11.0. The predicted octanol–water partition coefficient (Wildman–Crippen LogP) is 0.536. The fraction of sp³-hybridized carbons (Fsp3) is 0.667. The number of thioether (sulfide) groups is 1. The molecule has 0 heterocycles. The van der Waals surface area contributed by atoms with Gasteiger partial charge in [0, 0.05) is 11.5 Å². The molecule has 0 aromatic carbocycles. The van der Waals surface area contributed by atoms with Gasteiger partial charge in [-0.1, -0.05) is 0 Å². The lowest BCUT2D eigenvalue weighted by molar-refractivity contribution is -0.147. The summed E-state index contributed by atoms with van der Waals surface area (Å²) in [6.45, 7) is 0.326. The number of hydrogen-bond acceptors (Lipinski definition) is 7. The van der Waals surface area contributed by atoms with Crippen molar-refractivity contribution in [2.75, 3.05) is 24.7 Å². The van der Waals surface area contributed by atoms with E-state index < -0.39 is 23.9 Å². The Kier molecular flexibility index (Phi) is 11.0. The topological polar surface area (TPSA) is 127 Å². The lowest BCUT2D eigenvalue weighted by Gasteiger charge is -2.05. The van der Waals surface area contributed by atoms with Crippen molar-refractivity contribution in [3.63, 3.8) is 0 Å². The van der Waals surface area contributed by atoms with E-state index in [4.69, 9.17) is 19.7 Å². The van der Waals surface area contributed by atoms with Crippen molar-refractivity contribution >= 4 is 35.6 Å². The highest BCUT2D eigenvalue weighted by molar-refractivity contribution is 7.99. The third-order valence-corrected chi connectivity index (χ3v) is 2.98. The molecule has 0 atom stereocenters. The van der Waals surface area contributed by atoms with Gasteiger partial charge in [0.05, 0.1) is 25.7 Å². The molecular weight excluding hydrogens is 304 g/mol. The predicted molar refractivity (Wildman–Crippen MR) is 73.0 cm³/mol. The van der Waals surface area contributed by atoms with Gasteiger partial charge in [-0.3, -0.25) is 19.2 Å². The van der Waals surface area contributed by atoms with Crippen LogP contribution < -0.4 is 0 Å². The molecule has 0 aliphatic rings. The Balaban J connectivity index is 3.36. The monoisotopic (exact) mass is 322 g/mol. The number of rotatable bonds is 12.